The summed E-state index contributed by atoms with van der Waals surface area (Å²) in [4.78, 5) is 13.5. The molecule has 12 heavy (non-hydrogen) atoms. The second kappa shape index (κ2) is 4.83. The zero-order chi connectivity index (χ0) is 8.81. The first-order valence-corrected chi connectivity index (χ1v) is 4.70. The Labute approximate surface area is 76.1 Å². The van der Waals surface area contributed by atoms with Gasteiger partial charge >= 0.3 is 0 Å². The zero-order valence-corrected chi connectivity index (χ0v) is 7.73. The van der Waals surface area contributed by atoms with Gasteiger partial charge in [0.05, 0.1) is 0 Å². The fourth-order valence-electron chi connectivity index (χ4n) is 0.790. The molecule has 3 heteroatoms. The molecule has 0 spiro atoms. The highest BCUT2D eigenvalue weighted by Gasteiger charge is 1.89. The van der Waals surface area contributed by atoms with Crippen molar-refractivity contribution in [3.05, 3.63) is 30.1 Å². The highest BCUT2D eigenvalue weighted by atomic mass is 32.2. The fourth-order valence-corrected chi connectivity index (χ4v) is 1.22. The van der Waals surface area contributed by atoms with E-state index in [-0.39, 0.29) is 5.12 Å². The number of hydrogen-bond donors (Lipinski definition) is 1. The molecule has 0 unspecified atom stereocenters. The van der Waals surface area contributed by atoms with Gasteiger partial charge in [-0.15, -0.1) is 0 Å². The van der Waals surface area contributed by atoms with E-state index >= 15 is 0 Å². The van der Waals surface area contributed by atoms with Crippen molar-refractivity contribution in [1.82, 2.24) is 4.98 Å². The van der Waals surface area contributed by atoms with Gasteiger partial charge in [0.25, 0.3) is 0 Å². The maximum Gasteiger partial charge on any atom is 0.186 e. The van der Waals surface area contributed by atoms with E-state index in [1.54, 1.807) is 6.92 Å². The van der Waals surface area contributed by atoms with Crippen LogP contribution in [0.25, 0.3) is 6.08 Å². The molecule has 0 saturated carbocycles. The van der Waals surface area contributed by atoms with Crippen molar-refractivity contribution in [2.45, 2.75) is 6.92 Å². The van der Waals surface area contributed by atoms with Crippen molar-refractivity contribution in [2.24, 2.45) is 0 Å². The molecule has 1 heterocycles. The lowest BCUT2D eigenvalue weighted by molar-refractivity contribution is -0.109. The lowest BCUT2D eigenvalue weighted by Crippen LogP contribution is -1.80. The highest BCUT2D eigenvalue weighted by molar-refractivity contribution is 8.13. The molecule has 0 bridgehead atoms. The monoisotopic (exact) mass is 181 g/mol. The van der Waals surface area contributed by atoms with Gasteiger partial charge in [0, 0.05) is 25.1 Å². The second-order valence-corrected chi connectivity index (χ2v) is 3.55. The number of carbonyl (C=O) groups excluding carboxylic acids is 1. The van der Waals surface area contributed by atoms with E-state index < -0.39 is 0 Å². The van der Waals surface area contributed by atoms with Gasteiger partial charge in [0.1, 0.15) is 0 Å². The van der Waals surface area contributed by atoms with Crippen LogP contribution in [0.2, 0.25) is 0 Å². The average Bonchev–Trinajstić information content (AvgIpc) is 2.49. The van der Waals surface area contributed by atoms with Gasteiger partial charge < -0.3 is 4.98 Å². The van der Waals surface area contributed by atoms with Gasteiger partial charge in [0.2, 0.25) is 0 Å². The van der Waals surface area contributed by atoms with Crippen molar-refractivity contribution in [3.8, 4) is 0 Å². The molecule has 0 aliphatic heterocycles. The first-order chi connectivity index (χ1) is 5.79. The van der Waals surface area contributed by atoms with Gasteiger partial charge in [-0.3, -0.25) is 4.79 Å². The van der Waals surface area contributed by atoms with Crippen LogP contribution >= 0.6 is 11.8 Å². The maximum atomic E-state index is 10.5. The van der Waals surface area contributed by atoms with E-state index in [0.717, 1.165) is 11.3 Å². The lowest BCUT2D eigenvalue weighted by atomic mass is 10.3. The topological polar surface area (TPSA) is 32.9 Å². The van der Waals surface area contributed by atoms with Gasteiger partial charge in [0.15, 0.2) is 5.12 Å². The Morgan fingerprint density at radius 1 is 1.75 bits per heavy atom. The third-order valence-electron chi connectivity index (χ3n) is 1.32. The number of aromatic amines is 1. The van der Waals surface area contributed by atoms with E-state index in [1.807, 2.05) is 30.6 Å². The number of thioether (sulfide) groups is 1. The minimum atomic E-state index is 0.161. The molecule has 64 valence electrons. The molecule has 0 aliphatic rings. The Bertz CT molecular complexity index is 264. The molecule has 0 fully saturated rings. The zero-order valence-electron chi connectivity index (χ0n) is 6.91. The predicted molar refractivity (Wildman–Crippen MR) is 53.0 cm³/mol. The molecule has 0 aromatic carbocycles. The summed E-state index contributed by atoms with van der Waals surface area (Å²) in [7, 11) is 0. The van der Waals surface area contributed by atoms with Crippen molar-refractivity contribution >= 4 is 23.0 Å². The molecule has 0 amide bonds. The number of nitrogens with one attached hydrogen (secondary N) is 1. The van der Waals surface area contributed by atoms with Crippen molar-refractivity contribution in [2.75, 3.05) is 5.75 Å². The number of hydrogen-bond acceptors (Lipinski definition) is 2. The minimum absolute atomic E-state index is 0.161. The number of H-pyrrole nitrogens is 1. The predicted octanol–water partition coefficient (Wildman–Crippen LogP) is 2.31. The van der Waals surface area contributed by atoms with E-state index in [0.29, 0.717) is 0 Å². The first-order valence-electron chi connectivity index (χ1n) is 3.72. The van der Waals surface area contributed by atoms with Crippen LogP contribution in [0.1, 0.15) is 12.5 Å². The summed E-state index contributed by atoms with van der Waals surface area (Å²) >= 11 is 1.32. The van der Waals surface area contributed by atoms with Crippen LogP contribution in [-0.2, 0) is 4.79 Å². The molecule has 1 aromatic heterocycles. The molecule has 0 aliphatic carbocycles. The Kier molecular flexibility index (Phi) is 3.67. The van der Waals surface area contributed by atoms with E-state index in [2.05, 4.69) is 4.98 Å². The Morgan fingerprint density at radius 2 is 2.58 bits per heavy atom. The van der Waals surface area contributed by atoms with Crippen LogP contribution in [0.3, 0.4) is 0 Å². The van der Waals surface area contributed by atoms with Gasteiger partial charge in [-0.1, -0.05) is 23.9 Å². The first kappa shape index (κ1) is 9.13. The van der Waals surface area contributed by atoms with E-state index in [4.69, 9.17) is 0 Å². The SMILES string of the molecule is CC(=O)SCC=Cc1cc[nH]c1. The maximum absolute atomic E-state index is 10.5. The molecular weight excluding hydrogens is 170 g/mol. The largest absolute Gasteiger partial charge is 0.367 e. The third-order valence-corrected chi connectivity index (χ3v) is 2.08. The number of aromatic nitrogens is 1. The molecule has 0 radical (unpaired) electrons. The molecule has 2 nitrogen and oxygen atoms in total. The highest BCUT2D eigenvalue weighted by Crippen LogP contribution is 2.04. The minimum Gasteiger partial charge on any atom is -0.367 e. The van der Waals surface area contributed by atoms with Gasteiger partial charge in [-0.25, -0.2) is 0 Å². The van der Waals surface area contributed by atoms with Crippen LogP contribution in [-0.4, -0.2) is 15.9 Å². The normalized spacial score (nSPS) is 10.8. The van der Waals surface area contributed by atoms with Crippen LogP contribution in [0.15, 0.2) is 24.5 Å². The quantitative estimate of drug-likeness (QED) is 0.776. The Morgan fingerprint density at radius 3 is 3.17 bits per heavy atom. The van der Waals surface area contributed by atoms with Crippen LogP contribution in [0.5, 0.6) is 0 Å². The molecule has 1 rings (SSSR count). The second-order valence-electron chi connectivity index (χ2n) is 2.35. The van der Waals surface area contributed by atoms with Crippen molar-refractivity contribution in [3.63, 3.8) is 0 Å². The summed E-state index contributed by atoms with van der Waals surface area (Å²) in [5, 5.41) is 0.161. The van der Waals surface area contributed by atoms with Crippen LogP contribution < -0.4 is 0 Å². The number of carbonyl (C=O) groups is 1. The lowest BCUT2D eigenvalue weighted by Gasteiger charge is -1.87. The standard InChI is InChI=1S/C9H11NOS/c1-8(11)12-6-2-3-9-4-5-10-7-9/h2-5,7,10H,6H2,1H3. The molecule has 0 saturated heterocycles. The van der Waals surface area contributed by atoms with Gasteiger partial charge in [-0.05, 0) is 11.6 Å². The smallest absolute Gasteiger partial charge is 0.186 e. The Balaban J connectivity index is 2.27. The van der Waals surface area contributed by atoms with Crippen LogP contribution in [0.4, 0.5) is 0 Å². The summed E-state index contributed by atoms with van der Waals surface area (Å²) in [5.41, 5.74) is 1.14. The summed E-state index contributed by atoms with van der Waals surface area (Å²) in [6.45, 7) is 1.58. The van der Waals surface area contributed by atoms with Crippen molar-refractivity contribution in [1.29, 1.82) is 0 Å². The summed E-state index contributed by atoms with van der Waals surface area (Å²) in [5.74, 6) is 0.751. The molecular formula is C9H11NOS. The molecule has 1 N–H and O–H groups in total. The molecule has 1 aromatic rings. The fraction of sp³-hybridized carbons (Fsp3) is 0.222. The summed E-state index contributed by atoms with van der Waals surface area (Å²) in [6, 6.07) is 1.98. The molecule has 0 atom stereocenters. The van der Waals surface area contributed by atoms with Gasteiger partial charge in [-0.2, -0.15) is 0 Å². The summed E-state index contributed by atoms with van der Waals surface area (Å²) in [6.07, 6.45) is 7.76. The Hall–Kier alpha value is -0.960. The van der Waals surface area contributed by atoms with Crippen LogP contribution in [0, 0.1) is 0 Å². The third kappa shape index (κ3) is 3.44. The average molecular weight is 181 g/mol. The van der Waals surface area contributed by atoms with Crippen molar-refractivity contribution < 1.29 is 4.79 Å². The van der Waals surface area contributed by atoms with E-state index in [9.17, 15) is 4.79 Å². The summed E-state index contributed by atoms with van der Waals surface area (Å²) < 4.78 is 0. The number of rotatable bonds is 3. The van der Waals surface area contributed by atoms with E-state index in [1.165, 1.54) is 11.8 Å².